The number of hydrogen-bond acceptors (Lipinski definition) is 2. The highest BCUT2D eigenvalue weighted by molar-refractivity contribution is 9.12. The van der Waals surface area contributed by atoms with Crippen molar-refractivity contribution in [3.63, 3.8) is 0 Å². The van der Waals surface area contributed by atoms with E-state index in [-0.39, 0.29) is 16.8 Å². The van der Waals surface area contributed by atoms with Gasteiger partial charge in [0.25, 0.3) is 0 Å². The molecular formula is C7H8Br2O4. The molecule has 4 nitrogen and oxygen atoms in total. The molecule has 0 heterocycles. The third-order valence-electron chi connectivity index (χ3n) is 1.18. The molecule has 0 aromatic rings. The van der Waals surface area contributed by atoms with E-state index in [2.05, 4.69) is 31.9 Å². The van der Waals surface area contributed by atoms with E-state index in [1.807, 2.05) is 0 Å². The Morgan fingerprint density at radius 2 is 1.92 bits per heavy atom. The second-order valence-corrected chi connectivity index (χ2v) is 4.21. The first-order valence-corrected chi connectivity index (χ1v) is 5.38. The van der Waals surface area contributed by atoms with Crippen molar-refractivity contribution in [1.29, 1.82) is 0 Å². The van der Waals surface area contributed by atoms with E-state index < -0.39 is 11.9 Å². The van der Waals surface area contributed by atoms with Crippen molar-refractivity contribution in [2.45, 2.75) is 11.2 Å². The van der Waals surface area contributed by atoms with E-state index in [0.717, 1.165) is 0 Å². The summed E-state index contributed by atoms with van der Waals surface area (Å²) in [5.41, 5.74) is -0.117. The molecule has 13 heavy (non-hydrogen) atoms. The van der Waals surface area contributed by atoms with Gasteiger partial charge >= 0.3 is 11.9 Å². The van der Waals surface area contributed by atoms with Crippen LogP contribution in [0.4, 0.5) is 0 Å². The zero-order valence-electron chi connectivity index (χ0n) is 6.54. The van der Waals surface area contributed by atoms with E-state index in [9.17, 15) is 9.59 Å². The molecule has 0 bridgehead atoms. The summed E-state index contributed by atoms with van der Waals surface area (Å²) in [6, 6.07) is 0. The maximum absolute atomic E-state index is 10.5. The fourth-order valence-corrected chi connectivity index (χ4v) is 1.23. The average Bonchev–Trinajstić information content (AvgIpc) is 2.02. The van der Waals surface area contributed by atoms with Gasteiger partial charge in [-0.15, -0.1) is 0 Å². The molecule has 0 aliphatic heterocycles. The number of halogens is 2. The summed E-state index contributed by atoms with van der Waals surface area (Å²) < 4.78 is 0. The smallest absolute Gasteiger partial charge is 0.331 e. The molecule has 0 saturated carbocycles. The molecule has 74 valence electrons. The van der Waals surface area contributed by atoms with Crippen LogP contribution in [0.3, 0.4) is 0 Å². The summed E-state index contributed by atoms with van der Waals surface area (Å²) in [6.45, 7) is 0. The topological polar surface area (TPSA) is 74.6 Å². The second kappa shape index (κ2) is 6.15. The zero-order chi connectivity index (χ0) is 10.4. The molecule has 0 saturated heterocycles. The Labute approximate surface area is 91.9 Å². The third kappa shape index (κ3) is 5.81. The van der Waals surface area contributed by atoms with Gasteiger partial charge < -0.3 is 10.2 Å². The lowest BCUT2D eigenvalue weighted by atomic mass is 10.1. The highest BCUT2D eigenvalue weighted by atomic mass is 79.9. The van der Waals surface area contributed by atoms with Crippen LogP contribution in [-0.4, -0.2) is 32.3 Å². The van der Waals surface area contributed by atoms with Crippen molar-refractivity contribution in [3.8, 4) is 0 Å². The van der Waals surface area contributed by atoms with Crippen LogP contribution in [0.1, 0.15) is 6.42 Å². The molecular weight excluding hydrogens is 308 g/mol. The van der Waals surface area contributed by atoms with Crippen LogP contribution in [0.2, 0.25) is 0 Å². The standard InChI is InChI=1S/C7H8Br2O4/c8-3-5(9)1-4(7(12)13)2-6(10)11/h2,5H,1,3H2,(H,10,11)(H,12,13)/b4-2+. The molecule has 0 rings (SSSR count). The normalized spacial score (nSPS) is 13.8. The number of aliphatic carboxylic acids is 2. The highest BCUT2D eigenvalue weighted by Crippen LogP contribution is 2.15. The summed E-state index contributed by atoms with van der Waals surface area (Å²) in [6.07, 6.45) is 0.881. The number of rotatable bonds is 5. The summed E-state index contributed by atoms with van der Waals surface area (Å²) in [7, 11) is 0. The van der Waals surface area contributed by atoms with Gasteiger partial charge in [0.15, 0.2) is 0 Å². The van der Waals surface area contributed by atoms with Gasteiger partial charge in [0, 0.05) is 21.8 Å². The quantitative estimate of drug-likeness (QED) is 0.597. The first-order chi connectivity index (χ1) is 5.97. The van der Waals surface area contributed by atoms with Crippen LogP contribution in [0, 0.1) is 0 Å². The largest absolute Gasteiger partial charge is 0.478 e. The predicted octanol–water partition coefficient (Wildman–Crippen LogP) is 1.63. The summed E-state index contributed by atoms with van der Waals surface area (Å²) in [4.78, 5) is 20.7. The maximum Gasteiger partial charge on any atom is 0.331 e. The lowest BCUT2D eigenvalue weighted by Crippen LogP contribution is -2.10. The molecule has 0 aromatic heterocycles. The van der Waals surface area contributed by atoms with Crippen LogP contribution in [0.5, 0.6) is 0 Å². The van der Waals surface area contributed by atoms with Crippen molar-refractivity contribution in [2.24, 2.45) is 0 Å². The lowest BCUT2D eigenvalue weighted by Gasteiger charge is -2.05. The van der Waals surface area contributed by atoms with Crippen molar-refractivity contribution < 1.29 is 19.8 Å². The molecule has 0 aliphatic rings. The van der Waals surface area contributed by atoms with Gasteiger partial charge in [-0.3, -0.25) is 0 Å². The zero-order valence-corrected chi connectivity index (χ0v) is 9.71. The van der Waals surface area contributed by atoms with Crippen LogP contribution in [0.15, 0.2) is 11.6 Å². The van der Waals surface area contributed by atoms with Crippen LogP contribution >= 0.6 is 31.9 Å². The van der Waals surface area contributed by atoms with Crippen LogP contribution < -0.4 is 0 Å². The van der Waals surface area contributed by atoms with Crippen molar-refractivity contribution in [2.75, 3.05) is 5.33 Å². The first-order valence-electron chi connectivity index (χ1n) is 3.34. The number of alkyl halides is 2. The molecule has 1 unspecified atom stereocenters. The van der Waals surface area contributed by atoms with Gasteiger partial charge in [-0.25, -0.2) is 9.59 Å². The Morgan fingerprint density at radius 3 is 2.23 bits per heavy atom. The summed E-state index contributed by atoms with van der Waals surface area (Å²) in [5.74, 6) is -2.44. The van der Waals surface area contributed by atoms with Crippen molar-refractivity contribution in [1.82, 2.24) is 0 Å². The predicted molar refractivity (Wildman–Crippen MR) is 54.5 cm³/mol. The van der Waals surface area contributed by atoms with Crippen LogP contribution in [-0.2, 0) is 9.59 Å². The molecule has 6 heteroatoms. The SMILES string of the molecule is O=C(O)/C=C(\CC(Br)CBr)C(=O)O. The first kappa shape index (κ1) is 12.6. The van der Waals surface area contributed by atoms with E-state index in [1.54, 1.807) is 0 Å². The van der Waals surface area contributed by atoms with Gasteiger partial charge in [0.1, 0.15) is 0 Å². The molecule has 1 atom stereocenters. The Bertz CT molecular complexity index is 237. The Kier molecular flexibility index (Phi) is 5.98. The Hall–Kier alpha value is -0.360. The van der Waals surface area contributed by atoms with Crippen molar-refractivity contribution >= 4 is 43.8 Å². The Morgan fingerprint density at radius 1 is 1.38 bits per heavy atom. The number of carboxylic acids is 2. The fourth-order valence-electron chi connectivity index (χ4n) is 0.650. The molecule has 0 radical (unpaired) electrons. The monoisotopic (exact) mass is 314 g/mol. The maximum atomic E-state index is 10.5. The van der Waals surface area contributed by atoms with Gasteiger partial charge in [0.2, 0.25) is 0 Å². The molecule has 2 N–H and O–H groups in total. The number of hydrogen-bond donors (Lipinski definition) is 2. The van der Waals surface area contributed by atoms with Gasteiger partial charge in [-0.2, -0.15) is 0 Å². The van der Waals surface area contributed by atoms with Gasteiger partial charge in [0.05, 0.1) is 0 Å². The fraction of sp³-hybridized carbons (Fsp3) is 0.429. The molecule has 0 amide bonds. The van der Waals surface area contributed by atoms with Gasteiger partial charge in [-0.1, -0.05) is 31.9 Å². The van der Waals surface area contributed by atoms with E-state index in [0.29, 0.717) is 11.4 Å². The average molecular weight is 316 g/mol. The minimum atomic E-state index is -1.24. The minimum Gasteiger partial charge on any atom is -0.478 e. The lowest BCUT2D eigenvalue weighted by molar-refractivity contribution is -0.135. The highest BCUT2D eigenvalue weighted by Gasteiger charge is 2.13. The molecule has 0 fully saturated rings. The van der Waals surface area contributed by atoms with E-state index in [1.165, 1.54) is 0 Å². The summed E-state index contributed by atoms with van der Waals surface area (Å²) in [5, 5.41) is 17.5. The minimum absolute atomic E-state index is 0.0748. The summed E-state index contributed by atoms with van der Waals surface area (Å²) >= 11 is 6.34. The molecule has 0 aromatic carbocycles. The van der Waals surface area contributed by atoms with Crippen LogP contribution in [0.25, 0.3) is 0 Å². The second-order valence-electron chi connectivity index (χ2n) is 2.27. The van der Waals surface area contributed by atoms with Crippen molar-refractivity contribution in [3.05, 3.63) is 11.6 Å². The molecule has 0 aliphatic carbocycles. The number of carboxylic acid groups (broad SMARTS) is 2. The van der Waals surface area contributed by atoms with E-state index in [4.69, 9.17) is 10.2 Å². The number of carbonyl (C=O) groups is 2. The van der Waals surface area contributed by atoms with Gasteiger partial charge in [-0.05, 0) is 6.42 Å². The molecule has 0 spiro atoms. The Balaban J connectivity index is 4.44. The third-order valence-corrected chi connectivity index (χ3v) is 3.48. The van der Waals surface area contributed by atoms with E-state index >= 15 is 0 Å².